The Morgan fingerprint density at radius 1 is 1.02 bits per heavy atom. The van der Waals surface area contributed by atoms with Crippen molar-refractivity contribution in [2.45, 2.75) is 19.4 Å². The molecule has 0 radical (unpaired) electrons. The molecule has 212 valence electrons. The minimum absolute atomic E-state index is 0.0830. The molecular weight excluding hydrogens is 520 g/mol. The third-order valence-electron chi connectivity index (χ3n) is 7.79. The SMILES string of the molecule is COc1ccc2c(c1)CCc1cnc(-n3cc(C(=O)Nc4ccc(CN5CCN(C)CC5)cc4OC)c(N)n3)nc1-2. The average Bonchev–Trinajstić information content (AvgIpc) is 3.39. The van der Waals surface area contributed by atoms with E-state index in [1.165, 1.54) is 10.2 Å². The molecule has 11 nitrogen and oxygen atoms in total. The van der Waals surface area contributed by atoms with Crippen LogP contribution in [0.25, 0.3) is 17.2 Å². The molecule has 11 heteroatoms. The van der Waals surface area contributed by atoms with Gasteiger partial charge in [-0.15, -0.1) is 5.10 Å². The number of fused-ring (bicyclic) bond motifs is 3. The molecule has 2 aromatic heterocycles. The molecular formula is C30H34N8O3. The number of hydrogen-bond acceptors (Lipinski definition) is 9. The number of rotatable bonds is 7. The van der Waals surface area contributed by atoms with E-state index in [0.29, 0.717) is 17.4 Å². The molecule has 0 atom stereocenters. The van der Waals surface area contributed by atoms with E-state index >= 15 is 0 Å². The van der Waals surface area contributed by atoms with Crippen LogP contribution in [0.15, 0.2) is 48.8 Å². The van der Waals surface area contributed by atoms with Crippen molar-refractivity contribution >= 4 is 17.4 Å². The third kappa shape index (κ3) is 5.46. The van der Waals surface area contributed by atoms with Crippen LogP contribution >= 0.6 is 0 Å². The Kier molecular flexibility index (Phi) is 7.29. The van der Waals surface area contributed by atoms with Gasteiger partial charge in [0.2, 0.25) is 0 Å². The Morgan fingerprint density at radius 2 is 1.83 bits per heavy atom. The summed E-state index contributed by atoms with van der Waals surface area (Å²) >= 11 is 0. The first kappa shape index (κ1) is 26.7. The standard InChI is InChI=1S/C30H34N8O3/c1-36-10-12-37(13-11-36)17-19-4-9-25(26(14-19)41-3)33-29(39)24-18-38(35-28(24)31)30-32-16-21-6-5-20-15-22(40-2)7-8-23(20)27(21)34-30/h4,7-9,14-16,18H,5-6,10-13,17H2,1-3H3,(H2,31,35)(H,33,39). The number of hydrogen-bond donors (Lipinski definition) is 2. The Morgan fingerprint density at radius 3 is 2.61 bits per heavy atom. The van der Waals surface area contributed by atoms with Crippen molar-refractivity contribution in [3.63, 3.8) is 0 Å². The number of aromatic nitrogens is 4. The van der Waals surface area contributed by atoms with Crippen LogP contribution in [0.3, 0.4) is 0 Å². The lowest BCUT2D eigenvalue weighted by atomic mass is 9.90. The molecule has 2 aliphatic rings. The fourth-order valence-corrected chi connectivity index (χ4v) is 5.38. The van der Waals surface area contributed by atoms with Gasteiger partial charge < -0.3 is 25.4 Å². The quantitative estimate of drug-likeness (QED) is 0.355. The van der Waals surface area contributed by atoms with Crippen LogP contribution in [-0.2, 0) is 19.4 Å². The number of nitrogens with one attached hydrogen (secondary N) is 1. The van der Waals surface area contributed by atoms with Gasteiger partial charge in [0, 0.05) is 50.7 Å². The van der Waals surface area contributed by atoms with Crippen LogP contribution in [0.1, 0.15) is 27.0 Å². The second-order valence-corrected chi connectivity index (χ2v) is 10.5. The van der Waals surface area contributed by atoms with E-state index in [1.54, 1.807) is 20.4 Å². The van der Waals surface area contributed by atoms with Gasteiger partial charge in [-0.2, -0.15) is 0 Å². The number of ether oxygens (including phenoxy) is 2. The van der Waals surface area contributed by atoms with E-state index in [4.69, 9.17) is 20.2 Å². The molecule has 1 amide bonds. The highest BCUT2D eigenvalue weighted by Crippen LogP contribution is 2.34. The normalized spacial score (nSPS) is 15.2. The summed E-state index contributed by atoms with van der Waals surface area (Å²) in [6, 6.07) is 11.8. The van der Waals surface area contributed by atoms with Crippen LogP contribution in [0.4, 0.5) is 11.5 Å². The summed E-state index contributed by atoms with van der Waals surface area (Å²) in [7, 11) is 5.40. The monoisotopic (exact) mass is 554 g/mol. The highest BCUT2D eigenvalue weighted by molar-refractivity contribution is 6.07. The molecule has 1 aliphatic heterocycles. The minimum atomic E-state index is -0.394. The maximum absolute atomic E-state index is 13.3. The van der Waals surface area contributed by atoms with E-state index in [-0.39, 0.29) is 11.4 Å². The zero-order valence-electron chi connectivity index (χ0n) is 23.6. The van der Waals surface area contributed by atoms with E-state index < -0.39 is 5.91 Å². The molecule has 0 bridgehead atoms. The van der Waals surface area contributed by atoms with Crippen LogP contribution in [0.2, 0.25) is 0 Å². The summed E-state index contributed by atoms with van der Waals surface area (Å²) in [4.78, 5) is 27.3. The Hall–Kier alpha value is -4.48. The summed E-state index contributed by atoms with van der Waals surface area (Å²) in [5.74, 6) is 1.43. The predicted molar refractivity (Wildman–Crippen MR) is 157 cm³/mol. The molecule has 6 rings (SSSR count). The van der Waals surface area contributed by atoms with Gasteiger partial charge >= 0.3 is 0 Å². The maximum Gasteiger partial charge on any atom is 0.261 e. The third-order valence-corrected chi connectivity index (χ3v) is 7.79. The maximum atomic E-state index is 13.3. The van der Waals surface area contributed by atoms with E-state index in [2.05, 4.69) is 32.2 Å². The number of likely N-dealkylation sites (N-methyl/N-ethyl adjacent to an activating group) is 1. The number of nitrogens with zero attached hydrogens (tertiary/aromatic N) is 6. The average molecular weight is 555 g/mol. The lowest BCUT2D eigenvalue weighted by molar-refractivity contribution is 0.102. The van der Waals surface area contributed by atoms with Crippen molar-refractivity contribution in [2.75, 3.05) is 58.5 Å². The fourth-order valence-electron chi connectivity index (χ4n) is 5.38. The highest BCUT2D eigenvalue weighted by atomic mass is 16.5. The van der Waals surface area contributed by atoms with Crippen LogP contribution in [0.5, 0.6) is 11.5 Å². The number of nitrogen functional groups attached to an aromatic ring is 1. The molecule has 4 aromatic rings. The topological polar surface area (TPSA) is 124 Å². The molecule has 1 fully saturated rings. The van der Waals surface area contributed by atoms with Crippen LogP contribution in [-0.4, -0.2) is 82.9 Å². The zero-order chi connectivity index (χ0) is 28.5. The molecule has 0 spiro atoms. The van der Waals surface area contributed by atoms with Crippen LogP contribution in [0, 0.1) is 0 Å². The molecule has 0 saturated carbocycles. The Balaban J connectivity index is 1.20. The summed E-state index contributed by atoms with van der Waals surface area (Å²) in [6.45, 7) is 4.99. The van der Waals surface area contributed by atoms with E-state index in [1.807, 2.05) is 42.6 Å². The molecule has 1 saturated heterocycles. The summed E-state index contributed by atoms with van der Waals surface area (Å²) in [5, 5.41) is 7.27. The molecule has 0 unspecified atom stereocenters. The van der Waals surface area contributed by atoms with Gasteiger partial charge in [-0.05, 0) is 66.9 Å². The first-order valence-electron chi connectivity index (χ1n) is 13.7. The van der Waals surface area contributed by atoms with Crippen molar-refractivity contribution in [3.05, 3.63) is 71.0 Å². The Bertz CT molecular complexity index is 1590. The van der Waals surface area contributed by atoms with E-state index in [9.17, 15) is 4.79 Å². The molecule has 3 N–H and O–H groups in total. The summed E-state index contributed by atoms with van der Waals surface area (Å²) in [6.07, 6.45) is 5.09. The van der Waals surface area contributed by atoms with Gasteiger partial charge in [0.25, 0.3) is 11.9 Å². The van der Waals surface area contributed by atoms with E-state index in [0.717, 1.165) is 73.7 Å². The van der Waals surface area contributed by atoms with Crippen LogP contribution < -0.4 is 20.5 Å². The number of carbonyl (C=O) groups excluding carboxylic acids is 1. The van der Waals surface area contributed by atoms with Gasteiger partial charge in [-0.25, -0.2) is 14.6 Å². The minimum Gasteiger partial charge on any atom is -0.497 e. The van der Waals surface area contributed by atoms with Gasteiger partial charge in [-0.1, -0.05) is 6.07 Å². The number of nitrogens with two attached hydrogens (primary N) is 1. The fraction of sp³-hybridized carbons (Fsp3) is 0.333. The highest BCUT2D eigenvalue weighted by Gasteiger charge is 2.22. The predicted octanol–water partition coefficient (Wildman–Crippen LogP) is 3.03. The van der Waals surface area contributed by atoms with Gasteiger partial charge in [0.05, 0.1) is 25.6 Å². The Labute approximate surface area is 238 Å². The first-order chi connectivity index (χ1) is 19.9. The van der Waals surface area contributed by atoms with Gasteiger partial charge in [0.15, 0.2) is 5.82 Å². The van der Waals surface area contributed by atoms with Crippen molar-refractivity contribution in [2.24, 2.45) is 0 Å². The molecule has 1 aliphatic carbocycles. The van der Waals surface area contributed by atoms with Gasteiger partial charge in [-0.3, -0.25) is 9.69 Å². The smallest absolute Gasteiger partial charge is 0.261 e. The number of amides is 1. The van der Waals surface area contributed by atoms with Crippen molar-refractivity contribution in [1.29, 1.82) is 0 Å². The first-order valence-corrected chi connectivity index (χ1v) is 13.7. The number of anilines is 2. The second-order valence-electron chi connectivity index (χ2n) is 10.5. The lowest BCUT2D eigenvalue weighted by Crippen LogP contribution is -2.43. The number of methoxy groups -OCH3 is 2. The summed E-state index contributed by atoms with van der Waals surface area (Å²) < 4.78 is 12.4. The number of aryl methyl sites for hydroxylation is 2. The lowest BCUT2D eigenvalue weighted by Gasteiger charge is -2.32. The molecule has 3 heterocycles. The zero-order valence-corrected chi connectivity index (χ0v) is 23.6. The van der Waals surface area contributed by atoms with Crippen molar-refractivity contribution in [3.8, 4) is 28.7 Å². The number of benzene rings is 2. The van der Waals surface area contributed by atoms with Crippen molar-refractivity contribution < 1.29 is 14.3 Å². The molecule has 2 aromatic carbocycles. The van der Waals surface area contributed by atoms with Crippen molar-refractivity contribution in [1.82, 2.24) is 29.5 Å². The number of carbonyl (C=O) groups is 1. The largest absolute Gasteiger partial charge is 0.497 e. The number of piperazine rings is 1. The van der Waals surface area contributed by atoms with Gasteiger partial charge in [0.1, 0.15) is 17.1 Å². The second kappa shape index (κ2) is 11.2. The molecule has 41 heavy (non-hydrogen) atoms. The summed E-state index contributed by atoms with van der Waals surface area (Å²) in [5.41, 5.74) is 12.2.